The van der Waals surface area contributed by atoms with E-state index in [-0.39, 0.29) is 11.4 Å². The molecule has 0 saturated carbocycles. The average Bonchev–Trinajstić information content (AvgIpc) is 2.46. The maximum absolute atomic E-state index is 11.7. The first-order chi connectivity index (χ1) is 10.3. The van der Waals surface area contributed by atoms with Crippen molar-refractivity contribution in [3.8, 4) is 0 Å². The largest absolute Gasteiger partial charge is 0.480 e. The number of anilines is 1. The zero-order valence-corrected chi connectivity index (χ0v) is 11.3. The van der Waals surface area contributed by atoms with Crippen molar-refractivity contribution in [2.75, 3.05) is 11.9 Å². The lowest BCUT2D eigenvalue weighted by atomic mass is 10.2. The molecule has 22 heavy (non-hydrogen) atoms. The quantitative estimate of drug-likeness (QED) is 0.387. The molecular formula is C12H14N4O6. The molecule has 0 fully saturated rings. The van der Waals surface area contributed by atoms with Gasteiger partial charge in [-0.1, -0.05) is 0 Å². The topological polar surface area (TPSA) is 165 Å². The lowest BCUT2D eigenvalue weighted by Crippen LogP contribution is -2.45. The molecule has 0 saturated heterocycles. The third-order valence-electron chi connectivity index (χ3n) is 2.57. The molecule has 5 N–H and O–H groups in total. The third-order valence-corrected chi connectivity index (χ3v) is 2.57. The van der Waals surface area contributed by atoms with E-state index < -0.39 is 41.7 Å². The number of carbonyl (C=O) groups is 3. The number of non-ortho nitro benzene ring substituents is 1. The number of aliphatic carboxylic acids is 1. The number of nitrogens with two attached hydrogens (primary N) is 1. The fourth-order valence-electron chi connectivity index (χ4n) is 1.52. The number of nitrogens with zero attached hydrogens (tertiary/aromatic N) is 1. The molecule has 0 aliphatic heterocycles. The van der Waals surface area contributed by atoms with Gasteiger partial charge in [-0.25, -0.2) is 4.79 Å². The highest BCUT2D eigenvalue weighted by Gasteiger charge is 2.22. The van der Waals surface area contributed by atoms with Gasteiger partial charge in [0.1, 0.15) is 6.04 Å². The number of amides is 2. The van der Waals surface area contributed by atoms with Gasteiger partial charge in [-0.05, 0) is 12.1 Å². The second-order valence-electron chi connectivity index (χ2n) is 4.22. The monoisotopic (exact) mass is 310 g/mol. The van der Waals surface area contributed by atoms with E-state index in [9.17, 15) is 24.5 Å². The highest BCUT2D eigenvalue weighted by Crippen LogP contribution is 2.15. The van der Waals surface area contributed by atoms with Crippen LogP contribution in [-0.2, 0) is 14.4 Å². The number of nitrogens with one attached hydrogen (secondary N) is 2. The number of benzene rings is 1. The Morgan fingerprint density at radius 2 is 1.82 bits per heavy atom. The van der Waals surface area contributed by atoms with E-state index in [1.165, 1.54) is 24.3 Å². The number of hydrogen-bond acceptors (Lipinski definition) is 6. The zero-order valence-electron chi connectivity index (χ0n) is 11.3. The maximum Gasteiger partial charge on any atom is 0.326 e. The number of carbonyl (C=O) groups excluding carboxylic acids is 2. The summed E-state index contributed by atoms with van der Waals surface area (Å²) in [5, 5.41) is 23.9. The maximum atomic E-state index is 11.7. The summed E-state index contributed by atoms with van der Waals surface area (Å²) in [6, 6.07) is 3.60. The molecule has 10 nitrogen and oxygen atoms in total. The van der Waals surface area contributed by atoms with Gasteiger partial charge in [0.15, 0.2) is 0 Å². The summed E-state index contributed by atoms with van der Waals surface area (Å²) in [6.45, 7) is -0.395. The first kappa shape index (κ1) is 17.0. The number of rotatable bonds is 7. The van der Waals surface area contributed by atoms with Crippen LogP contribution < -0.4 is 16.4 Å². The normalized spacial score (nSPS) is 11.3. The van der Waals surface area contributed by atoms with Crippen LogP contribution in [0.1, 0.15) is 6.42 Å². The molecule has 0 heterocycles. The van der Waals surface area contributed by atoms with E-state index in [4.69, 9.17) is 10.8 Å². The summed E-state index contributed by atoms with van der Waals surface area (Å²) in [5.41, 5.74) is 5.18. The molecule has 1 aromatic rings. The Bertz CT molecular complexity index is 586. The van der Waals surface area contributed by atoms with Crippen molar-refractivity contribution in [1.29, 1.82) is 0 Å². The minimum absolute atomic E-state index is 0.142. The Hall–Kier alpha value is -3.01. The smallest absolute Gasteiger partial charge is 0.326 e. The SMILES string of the molecule is NCC(=O)N[C@@H](CC(=O)Nc1ccc([N+](=O)[O-])cc1)C(=O)O. The molecule has 0 radical (unpaired) electrons. The molecule has 1 atom stereocenters. The Morgan fingerprint density at radius 3 is 2.27 bits per heavy atom. The molecule has 118 valence electrons. The summed E-state index contributed by atoms with van der Waals surface area (Å²) >= 11 is 0. The number of hydrogen-bond donors (Lipinski definition) is 4. The molecule has 1 aromatic carbocycles. The first-order valence-electron chi connectivity index (χ1n) is 6.10. The van der Waals surface area contributed by atoms with Crippen LogP contribution in [0.5, 0.6) is 0 Å². The summed E-state index contributed by atoms with van der Waals surface area (Å²) in [7, 11) is 0. The molecule has 0 aromatic heterocycles. The summed E-state index contributed by atoms with van der Waals surface area (Å²) in [4.78, 5) is 43.6. The van der Waals surface area contributed by atoms with Crippen molar-refractivity contribution in [1.82, 2.24) is 5.32 Å². The first-order valence-corrected chi connectivity index (χ1v) is 6.10. The van der Waals surface area contributed by atoms with Crippen molar-refractivity contribution >= 4 is 29.2 Å². The van der Waals surface area contributed by atoms with Crippen LogP contribution >= 0.6 is 0 Å². The molecule has 1 rings (SSSR count). The summed E-state index contributed by atoms with van der Waals surface area (Å²) in [5.74, 6) is -2.74. The van der Waals surface area contributed by atoms with Gasteiger partial charge in [0.05, 0.1) is 17.9 Å². The van der Waals surface area contributed by atoms with Gasteiger partial charge in [-0.15, -0.1) is 0 Å². The second kappa shape index (κ2) is 7.69. The minimum Gasteiger partial charge on any atom is -0.480 e. The van der Waals surface area contributed by atoms with Gasteiger partial charge < -0.3 is 21.5 Å². The minimum atomic E-state index is -1.41. The van der Waals surface area contributed by atoms with Crippen LogP contribution in [0.4, 0.5) is 11.4 Å². The van der Waals surface area contributed by atoms with E-state index in [1.54, 1.807) is 0 Å². The Balaban J connectivity index is 2.65. The van der Waals surface area contributed by atoms with Crippen LogP contribution in [0.3, 0.4) is 0 Å². The van der Waals surface area contributed by atoms with E-state index in [0.29, 0.717) is 0 Å². The van der Waals surface area contributed by atoms with E-state index in [2.05, 4.69) is 10.6 Å². The van der Waals surface area contributed by atoms with Gasteiger partial charge in [0, 0.05) is 17.8 Å². The van der Waals surface area contributed by atoms with Gasteiger partial charge in [-0.2, -0.15) is 0 Å². The van der Waals surface area contributed by atoms with Crippen molar-refractivity contribution in [3.63, 3.8) is 0 Å². The van der Waals surface area contributed by atoms with Crippen molar-refractivity contribution in [3.05, 3.63) is 34.4 Å². The van der Waals surface area contributed by atoms with Crippen LogP contribution in [0, 0.1) is 10.1 Å². The Labute approximate surface area is 124 Å². The zero-order chi connectivity index (χ0) is 16.7. The predicted molar refractivity (Wildman–Crippen MR) is 75.0 cm³/mol. The molecule has 0 bridgehead atoms. The second-order valence-corrected chi connectivity index (χ2v) is 4.22. The van der Waals surface area contributed by atoms with Gasteiger partial charge in [0.25, 0.3) is 5.69 Å². The van der Waals surface area contributed by atoms with E-state index in [0.717, 1.165) is 0 Å². The third kappa shape index (κ3) is 5.17. The van der Waals surface area contributed by atoms with Crippen molar-refractivity contribution in [2.45, 2.75) is 12.5 Å². The van der Waals surface area contributed by atoms with Crippen LogP contribution in [-0.4, -0.2) is 40.4 Å². The predicted octanol–water partition coefficient (Wildman–Crippen LogP) is -0.548. The van der Waals surface area contributed by atoms with Gasteiger partial charge in [0.2, 0.25) is 11.8 Å². The summed E-state index contributed by atoms with van der Waals surface area (Å²) in [6.07, 6.45) is -0.502. The van der Waals surface area contributed by atoms with Crippen molar-refractivity contribution in [2.24, 2.45) is 5.73 Å². The van der Waals surface area contributed by atoms with Crippen LogP contribution in [0.15, 0.2) is 24.3 Å². The Morgan fingerprint density at radius 1 is 1.23 bits per heavy atom. The lowest BCUT2D eigenvalue weighted by Gasteiger charge is -2.13. The number of nitro benzene ring substituents is 1. The molecule has 2 amide bonds. The van der Waals surface area contributed by atoms with Crippen LogP contribution in [0.25, 0.3) is 0 Å². The van der Waals surface area contributed by atoms with Crippen LogP contribution in [0.2, 0.25) is 0 Å². The number of nitro groups is 1. The van der Waals surface area contributed by atoms with Gasteiger partial charge >= 0.3 is 5.97 Å². The Kier molecular flexibility index (Phi) is 5.96. The van der Waals surface area contributed by atoms with E-state index >= 15 is 0 Å². The van der Waals surface area contributed by atoms with E-state index in [1.807, 2.05) is 0 Å². The average molecular weight is 310 g/mol. The fourth-order valence-corrected chi connectivity index (χ4v) is 1.52. The van der Waals surface area contributed by atoms with Gasteiger partial charge in [-0.3, -0.25) is 19.7 Å². The fraction of sp³-hybridized carbons (Fsp3) is 0.250. The molecule has 0 aliphatic rings. The highest BCUT2D eigenvalue weighted by molar-refractivity contribution is 5.95. The number of carboxylic acid groups (broad SMARTS) is 1. The van der Waals surface area contributed by atoms with Crippen molar-refractivity contribution < 1.29 is 24.4 Å². The molecule has 0 spiro atoms. The molecular weight excluding hydrogens is 296 g/mol. The lowest BCUT2D eigenvalue weighted by molar-refractivity contribution is -0.384. The molecule has 0 aliphatic carbocycles. The standard InChI is InChI=1S/C12H14N4O6/c13-6-11(18)15-9(12(19)20)5-10(17)14-7-1-3-8(4-2-7)16(21)22/h1-4,9H,5-6,13H2,(H,14,17)(H,15,18)(H,19,20)/t9-/m0/s1. The highest BCUT2D eigenvalue weighted by atomic mass is 16.6. The molecule has 0 unspecified atom stereocenters. The number of carboxylic acids is 1. The molecule has 10 heteroatoms. The summed E-state index contributed by atoms with van der Waals surface area (Å²) < 4.78 is 0.